The molecule has 1 aromatic heterocycles. The second-order valence-electron chi connectivity index (χ2n) is 9.40. The highest BCUT2D eigenvalue weighted by Gasteiger charge is 2.39. The molecule has 1 N–H and O–H groups in total. The van der Waals surface area contributed by atoms with Crippen LogP contribution in [0.3, 0.4) is 0 Å². The summed E-state index contributed by atoms with van der Waals surface area (Å²) in [5.41, 5.74) is 0.185. The van der Waals surface area contributed by atoms with Crippen molar-refractivity contribution in [3.63, 3.8) is 0 Å². The molecule has 0 bridgehead atoms. The third kappa shape index (κ3) is 6.69. The molecule has 1 saturated heterocycles. The first-order valence-corrected chi connectivity index (χ1v) is 12.6. The average Bonchev–Trinajstić information content (AvgIpc) is 3.30. The number of alkyl halides is 3. The van der Waals surface area contributed by atoms with Gasteiger partial charge in [0.2, 0.25) is 5.91 Å². The van der Waals surface area contributed by atoms with E-state index in [4.69, 9.17) is 23.2 Å². The molecule has 39 heavy (non-hydrogen) atoms. The Labute approximate surface area is 232 Å². The summed E-state index contributed by atoms with van der Waals surface area (Å²) in [5.74, 6) is -1.94. The molecule has 2 amide bonds. The number of pyridine rings is 1. The Morgan fingerprint density at radius 3 is 2.46 bits per heavy atom. The molecule has 0 aliphatic carbocycles. The first kappa shape index (κ1) is 28.8. The van der Waals surface area contributed by atoms with Crippen molar-refractivity contribution >= 4 is 40.8 Å². The Morgan fingerprint density at radius 2 is 1.82 bits per heavy atom. The fraction of sp³-hybridized carbons (Fsp3) is 0.296. The molecule has 206 valence electrons. The van der Waals surface area contributed by atoms with Crippen LogP contribution in [0.5, 0.6) is 0 Å². The zero-order valence-electron chi connectivity index (χ0n) is 20.9. The normalized spacial score (nSPS) is 17.5. The van der Waals surface area contributed by atoms with Gasteiger partial charge in [0.15, 0.2) is 0 Å². The second kappa shape index (κ2) is 11.5. The van der Waals surface area contributed by atoms with Crippen LogP contribution in [0.2, 0.25) is 10.0 Å². The number of amides is 2. The van der Waals surface area contributed by atoms with E-state index in [1.165, 1.54) is 25.3 Å². The van der Waals surface area contributed by atoms with Crippen molar-refractivity contribution in [3.05, 3.63) is 92.8 Å². The van der Waals surface area contributed by atoms with Gasteiger partial charge in [-0.3, -0.25) is 14.5 Å². The van der Waals surface area contributed by atoms with Gasteiger partial charge in [-0.15, -0.1) is 0 Å². The maximum absolute atomic E-state index is 14.2. The maximum Gasteiger partial charge on any atom is 0.419 e. The summed E-state index contributed by atoms with van der Waals surface area (Å²) in [5, 5.41) is 3.27. The van der Waals surface area contributed by atoms with Crippen LogP contribution in [-0.4, -0.2) is 52.8 Å². The Bertz CT molecular complexity index is 1400. The lowest BCUT2D eigenvalue weighted by atomic mass is 9.93. The fourth-order valence-electron chi connectivity index (χ4n) is 4.76. The van der Waals surface area contributed by atoms with E-state index < -0.39 is 17.6 Å². The van der Waals surface area contributed by atoms with Gasteiger partial charge in [0.05, 0.1) is 15.6 Å². The van der Waals surface area contributed by atoms with Gasteiger partial charge in [0.25, 0.3) is 5.91 Å². The minimum Gasteiger partial charge on any atom is -0.336 e. The lowest BCUT2D eigenvalue weighted by Crippen LogP contribution is -2.38. The first-order valence-electron chi connectivity index (χ1n) is 11.9. The summed E-state index contributed by atoms with van der Waals surface area (Å²) in [6.45, 7) is 2.06. The SMILES string of the molecule is CC(=O)Nc1cc(C(=O)N2CC(c3ccc(Cl)c(Cl)c3)C(N(C)Cc3ccc(C(F)(F)F)c(F)c3)C2)ccn1. The summed E-state index contributed by atoms with van der Waals surface area (Å²) < 4.78 is 53.2. The van der Waals surface area contributed by atoms with Crippen LogP contribution < -0.4 is 5.32 Å². The molecule has 4 rings (SSSR count). The molecule has 0 radical (unpaired) electrons. The van der Waals surface area contributed by atoms with Crippen LogP contribution in [0.4, 0.5) is 23.4 Å². The Hall–Kier alpha value is -3.21. The number of benzene rings is 2. The summed E-state index contributed by atoms with van der Waals surface area (Å²) in [4.78, 5) is 32.4. The topological polar surface area (TPSA) is 65.5 Å². The van der Waals surface area contributed by atoms with Crippen molar-refractivity contribution in [2.45, 2.75) is 31.6 Å². The van der Waals surface area contributed by atoms with E-state index in [1.54, 1.807) is 30.1 Å². The molecule has 2 unspecified atom stereocenters. The molecule has 0 saturated carbocycles. The number of aromatic nitrogens is 1. The number of rotatable bonds is 6. The Balaban J connectivity index is 1.61. The van der Waals surface area contributed by atoms with Gasteiger partial charge in [-0.1, -0.05) is 35.3 Å². The molecule has 1 aliphatic rings. The van der Waals surface area contributed by atoms with Crippen LogP contribution >= 0.6 is 23.2 Å². The minimum atomic E-state index is -4.79. The maximum atomic E-state index is 14.2. The van der Waals surface area contributed by atoms with Crippen molar-refractivity contribution in [2.24, 2.45) is 0 Å². The fourth-order valence-corrected chi connectivity index (χ4v) is 5.06. The molecular weight excluding hydrogens is 559 g/mol. The lowest BCUT2D eigenvalue weighted by Gasteiger charge is -2.29. The number of nitrogens with one attached hydrogen (secondary N) is 1. The van der Waals surface area contributed by atoms with E-state index in [0.717, 1.165) is 17.7 Å². The van der Waals surface area contributed by atoms with Gasteiger partial charge in [-0.25, -0.2) is 9.37 Å². The Kier molecular flexibility index (Phi) is 8.48. The van der Waals surface area contributed by atoms with Crippen molar-refractivity contribution in [2.75, 3.05) is 25.5 Å². The number of likely N-dealkylation sites (N-methyl/N-ethyl adjacent to an activating group) is 1. The first-order chi connectivity index (χ1) is 18.3. The van der Waals surface area contributed by atoms with Gasteiger partial charge < -0.3 is 10.2 Å². The van der Waals surface area contributed by atoms with Gasteiger partial charge in [-0.2, -0.15) is 13.2 Å². The zero-order valence-corrected chi connectivity index (χ0v) is 22.4. The highest BCUT2D eigenvalue weighted by molar-refractivity contribution is 6.42. The molecule has 6 nitrogen and oxygen atoms in total. The second-order valence-corrected chi connectivity index (χ2v) is 10.2. The largest absolute Gasteiger partial charge is 0.419 e. The Morgan fingerprint density at radius 1 is 1.08 bits per heavy atom. The number of hydrogen-bond donors (Lipinski definition) is 1. The van der Waals surface area contributed by atoms with Crippen LogP contribution in [-0.2, 0) is 17.5 Å². The van der Waals surface area contributed by atoms with Crippen molar-refractivity contribution in [3.8, 4) is 0 Å². The smallest absolute Gasteiger partial charge is 0.336 e. The van der Waals surface area contributed by atoms with E-state index in [0.29, 0.717) is 27.7 Å². The molecule has 2 atom stereocenters. The molecule has 2 heterocycles. The molecule has 1 fully saturated rings. The van der Waals surface area contributed by atoms with Crippen LogP contribution in [0, 0.1) is 5.82 Å². The quantitative estimate of drug-likeness (QED) is 0.349. The lowest BCUT2D eigenvalue weighted by molar-refractivity contribution is -0.140. The third-order valence-electron chi connectivity index (χ3n) is 6.60. The molecular formula is C27H24Cl2F4N4O2. The zero-order chi connectivity index (χ0) is 28.5. The summed E-state index contributed by atoms with van der Waals surface area (Å²) in [6.07, 6.45) is -3.36. The predicted octanol–water partition coefficient (Wildman–Crippen LogP) is 6.24. The average molecular weight is 583 g/mol. The van der Waals surface area contributed by atoms with Crippen LogP contribution in [0.1, 0.15) is 39.9 Å². The van der Waals surface area contributed by atoms with E-state index in [9.17, 15) is 27.2 Å². The summed E-state index contributed by atoms with van der Waals surface area (Å²) in [7, 11) is 1.76. The summed E-state index contributed by atoms with van der Waals surface area (Å²) >= 11 is 12.4. The minimum absolute atomic E-state index is 0.140. The molecule has 1 aliphatic heterocycles. The number of halogens is 6. The van der Waals surface area contributed by atoms with Crippen LogP contribution in [0.15, 0.2) is 54.7 Å². The number of hydrogen-bond acceptors (Lipinski definition) is 4. The summed E-state index contributed by atoms with van der Waals surface area (Å²) in [6, 6.07) is 10.8. The van der Waals surface area contributed by atoms with Gasteiger partial charge in [0, 0.05) is 50.3 Å². The highest BCUT2D eigenvalue weighted by atomic mass is 35.5. The number of likely N-dealkylation sites (tertiary alicyclic amines) is 1. The van der Waals surface area contributed by atoms with Gasteiger partial charge in [-0.05, 0) is 54.6 Å². The van der Waals surface area contributed by atoms with Crippen LogP contribution in [0.25, 0.3) is 0 Å². The van der Waals surface area contributed by atoms with E-state index in [-0.39, 0.29) is 42.7 Å². The van der Waals surface area contributed by atoms with E-state index in [2.05, 4.69) is 10.3 Å². The molecule has 0 spiro atoms. The van der Waals surface area contributed by atoms with E-state index >= 15 is 0 Å². The van der Waals surface area contributed by atoms with Gasteiger partial charge >= 0.3 is 6.18 Å². The third-order valence-corrected chi connectivity index (χ3v) is 7.34. The molecule has 12 heteroatoms. The number of anilines is 1. The van der Waals surface area contributed by atoms with Crippen molar-refractivity contribution < 1.29 is 27.2 Å². The number of nitrogens with zero attached hydrogens (tertiary/aromatic N) is 3. The van der Waals surface area contributed by atoms with Gasteiger partial charge in [0.1, 0.15) is 11.6 Å². The van der Waals surface area contributed by atoms with E-state index in [1.807, 2.05) is 11.0 Å². The molecule has 3 aromatic rings. The number of carbonyl (C=O) groups is 2. The highest BCUT2D eigenvalue weighted by Crippen LogP contribution is 2.36. The predicted molar refractivity (Wildman–Crippen MR) is 140 cm³/mol. The molecule has 2 aromatic carbocycles. The monoisotopic (exact) mass is 582 g/mol. The number of carbonyl (C=O) groups excluding carboxylic acids is 2. The van der Waals surface area contributed by atoms with Crippen molar-refractivity contribution in [1.82, 2.24) is 14.8 Å². The standard InChI is InChI=1S/C27H24Cl2F4N4O2/c1-15(38)35-25-11-18(7-8-34-25)26(39)37-13-19(17-4-6-21(28)22(29)10-17)24(14-37)36(2)12-16-3-5-20(23(30)9-16)27(31,32)33/h3-11,19,24H,12-14H2,1-2H3,(H,34,35,38). The van der Waals surface area contributed by atoms with Crippen molar-refractivity contribution in [1.29, 1.82) is 0 Å².